The summed E-state index contributed by atoms with van der Waals surface area (Å²) in [5.74, 6) is 0. The van der Waals surface area contributed by atoms with E-state index in [4.69, 9.17) is 52.1 Å². The summed E-state index contributed by atoms with van der Waals surface area (Å²) in [6.07, 6.45) is -12.1. The number of ether oxygens (including phenoxy) is 11. The Morgan fingerprint density at radius 2 is 0.792 bits per heavy atom. The normalized spacial score (nSPS) is 53.0. The maximum Gasteiger partial charge on any atom is 0.161 e. The molecule has 0 saturated carbocycles. The van der Waals surface area contributed by atoms with Gasteiger partial charge in [-0.25, -0.2) is 0 Å². The van der Waals surface area contributed by atoms with Crippen molar-refractivity contribution in [3.63, 3.8) is 0 Å². The Balaban J connectivity index is 0.931. The third-order valence-electron chi connectivity index (χ3n) is 11.4. The Bertz CT molecular complexity index is 1110. The molecule has 0 bridgehead atoms. The van der Waals surface area contributed by atoms with Gasteiger partial charge in [0.1, 0.15) is 24.4 Å². The molecule has 53 heavy (non-hydrogen) atoms. The average molecular weight is 767 g/mol. The molecule has 0 aromatic heterocycles. The van der Waals surface area contributed by atoms with Gasteiger partial charge in [-0.3, -0.25) is 0 Å². The molecule has 6 heterocycles. The molecule has 0 radical (unpaired) electrons. The molecule has 6 rings (SSSR count). The van der Waals surface area contributed by atoms with Crippen molar-refractivity contribution in [1.82, 2.24) is 0 Å². The second kappa shape index (κ2) is 18.3. The minimum atomic E-state index is -1.06. The van der Waals surface area contributed by atoms with Gasteiger partial charge in [0, 0.05) is 38.5 Å². The minimum absolute atomic E-state index is 0.0889. The molecule has 22 atom stereocenters. The highest BCUT2D eigenvalue weighted by Gasteiger charge is 2.46. The van der Waals surface area contributed by atoms with E-state index >= 15 is 0 Å². The first-order chi connectivity index (χ1) is 25.1. The van der Waals surface area contributed by atoms with Crippen LogP contribution in [0.25, 0.3) is 0 Å². The SMILES string of the molecule is C[C@@H]1O[C@@H](O[C@@H]2C[C@H](O[C@@H]3C[C@H](O)O[C@H](C)[C@H]3O)O[C@H](C)[C@H]2O)CC[C@@H]1O[C@H]1C[C@@H](O)[C@H](O[C@H]2C[C@@H](O)[C@H](O[C@H]3CC[C@H](O)[C@H](C)O3)[C@@H](C)O2)[C@@H](C)O1. The van der Waals surface area contributed by atoms with Crippen LogP contribution >= 0.6 is 0 Å². The van der Waals surface area contributed by atoms with Gasteiger partial charge in [0.25, 0.3) is 0 Å². The molecule has 17 heteroatoms. The van der Waals surface area contributed by atoms with Gasteiger partial charge in [0.2, 0.25) is 0 Å². The van der Waals surface area contributed by atoms with Crippen LogP contribution in [-0.4, -0.2) is 166 Å². The smallest absolute Gasteiger partial charge is 0.161 e. The van der Waals surface area contributed by atoms with Gasteiger partial charge in [0.15, 0.2) is 37.7 Å². The number of hydrogen-bond donors (Lipinski definition) is 6. The van der Waals surface area contributed by atoms with E-state index in [0.717, 1.165) is 0 Å². The summed E-state index contributed by atoms with van der Waals surface area (Å²) in [5.41, 5.74) is 0. The number of aliphatic hydroxyl groups is 6. The fraction of sp³-hybridized carbons (Fsp3) is 1.00. The molecule has 6 aliphatic rings. The summed E-state index contributed by atoms with van der Waals surface area (Å²) < 4.78 is 66.0. The van der Waals surface area contributed by atoms with Crippen molar-refractivity contribution >= 4 is 0 Å². The molecule has 0 spiro atoms. The van der Waals surface area contributed by atoms with Crippen LogP contribution in [-0.2, 0) is 52.1 Å². The Hall–Kier alpha value is -0.680. The summed E-state index contributed by atoms with van der Waals surface area (Å²) in [6.45, 7) is 10.6. The summed E-state index contributed by atoms with van der Waals surface area (Å²) in [5, 5.41) is 63.4. The van der Waals surface area contributed by atoms with Crippen molar-refractivity contribution < 1.29 is 82.7 Å². The van der Waals surface area contributed by atoms with Crippen LogP contribution in [0.1, 0.15) is 92.9 Å². The van der Waals surface area contributed by atoms with E-state index < -0.39 is 117 Å². The Morgan fingerprint density at radius 1 is 0.358 bits per heavy atom. The summed E-state index contributed by atoms with van der Waals surface area (Å²) in [7, 11) is 0. The Labute approximate surface area is 310 Å². The molecular weight excluding hydrogens is 704 g/mol. The zero-order valence-corrected chi connectivity index (χ0v) is 31.5. The first kappa shape index (κ1) is 41.9. The number of rotatable bonds is 10. The molecule has 6 fully saturated rings. The molecular formula is C36H62O17. The monoisotopic (exact) mass is 766 g/mol. The fourth-order valence-corrected chi connectivity index (χ4v) is 8.19. The largest absolute Gasteiger partial charge is 0.390 e. The van der Waals surface area contributed by atoms with Gasteiger partial charge in [-0.1, -0.05) is 0 Å². The maximum atomic E-state index is 11.1. The van der Waals surface area contributed by atoms with Crippen molar-refractivity contribution in [3.05, 3.63) is 0 Å². The van der Waals surface area contributed by atoms with E-state index in [1.54, 1.807) is 34.6 Å². The van der Waals surface area contributed by atoms with E-state index in [-0.39, 0.29) is 44.0 Å². The molecule has 0 aromatic rings. The molecule has 0 aliphatic carbocycles. The molecule has 6 saturated heterocycles. The topological polar surface area (TPSA) is 223 Å². The quantitative estimate of drug-likeness (QED) is 0.176. The van der Waals surface area contributed by atoms with Gasteiger partial charge in [-0.15, -0.1) is 0 Å². The first-order valence-corrected chi connectivity index (χ1v) is 19.4. The highest BCUT2D eigenvalue weighted by Crippen LogP contribution is 2.35. The van der Waals surface area contributed by atoms with Crippen LogP contribution in [0, 0.1) is 0 Å². The van der Waals surface area contributed by atoms with Crippen molar-refractivity contribution in [1.29, 1.82) is 0 Å². The van der Waals surface area contributed by atoms with Crippen LogP contribution in [0.4, 0.5) is 0 Å². The second-order valence-corrected chi connectivity index (χ2v) is 15.7. The molecule has 17 nitrogen and oxygen atoms in total. The van der Waals surface area contributed by atoms with Crippen LogP contribution < -0.4 is 0 Å². The third kappa shape index (κ3) is 10.4. The maximum absolute atomic E-state index is 11.1. The van der Waals surface area contributed by atoms with Crippen molar-refractivity contribution in [2.24, 2.45) is 0 Å². The zero-order chi connectivity index (χ0) is 38.1. The van der Waals surface area contributed by atoms with Gasteiger partial charge >= 0.3 is 0 Å². The molecule has 6 N–H and O–H groups in total. The minimum Gasteiger partial charge on any atom is -0.390 e. The third-order valence-corrected chi connectivity index (χ3v) is 11.4. The average Bonchev–Trinajstić information content (AvgIpc) is 3.08. The lowest BCUT2D eigenvalue weighted by Crippen LogP contribution is -2.56. The van der Waals surface area contributed by atoms with Crippen LogP contribution in [0.2, 0.25) is 0 Å². The van der Waals surface area contributed by atoms with Gasteiger partial charge < -0.3 is 82.7 Å². The van der Waals surface area contributed by atoms with Crippen LogP contribution in [0.15, 0.2) is 0 Å². The summed E-state index contributed by atoms with van der Waals surface area (Å²) >= 11 is 0. The molecule has 0 amide bonds. The van der Waals surface area contributed by atoms with Crippen molar-refractivity contribution in [3.8, 4) is 0 Å². The van der Waals surface area contributed by atoms with E-state index in [1.165, 1.54) is 0 Å². The zero-order valence-electron chi connectivity index (χ0n) is 31.5. The van der Waals surface area contributed by atoms with Crippen LogP contribution in [0.5, 0.6) is 0 Å². The summed E-state index contributed by atoms with van der Waals surface area (Å²) in [4.78, 5) is 0. The van der Waals surface area contributed by atoms with Gasteiger partial charge in [-0.05, 0) is 54.4 Å². The lowest BCUT2D eigenvalue weighted by atomic mass is 9.99. The molecule has 308 valence electrons. The lowest BCUT2D eigenvalue weighted by molar-refractivity contribution is -0.341. The fourth-order valence-electron chi connectivity index (χ4n) is 8.19. The number of aliphatic hydroxyl groups excluding tert-OH is 6. The Kier molecular flexibility index (Phi) is 14.5. The lowest BCUT2D eigenvalue weighted by Gasteiger charge is -2.45. The van der Waals surface area contributed by atoms with E-state index in [9.17, 15) is 30.6 Å². The molecule has 6 aliphatic heterocycles. The van der Waals surface area contributed by atoms with E-state index in [1.807, 2.05) is 6.92 Å². The first-order valence-electron chi connectivity index (χ1n) is 19.4. The number of hydrogen-bond acceptors (Lipinski definition) is 17. The predicted molar refractivity (Wildman–Crippen MR) is 180 cm³/mol. The molecule has 0 aromatic carbocycles. The van der Waals surface area contributed by atoms with Gasteiger partial charge in [0.05, 0.1) is 73.2 Å². The molecule has 0 unspecified atom stereocenters. The Morgan fingerprint density at radius 3 is 1.40 bits per heavy atom. The predicted octanol–water partition coefficient (Wildman–Crippen LogP) is 0.299. The van der Waals surface area contributed by atoms with Gasteiger partial charge in [-0.2, -0.15) is 0 Å². The highest BCUT2D eigenvalue weighted by atomic mass is 16.8. The van der Waals surface area contributed by atoms with E-state index in [0.29, 0.717) is 25.7 Å². The second-order valence-electron chi connectivity index (χ2n) is 15.7. The summed E-state index contributed by atoms with van der Waals surface area (Å²) in [6, 6.07) is 0. The highest BCUT2D eigenvalue weighted by molar-refractivity contribution is 4.89. The van der Waals surface area contributed by atoms with Crippen molar-refractivity contribution in [2.75, 3.05) is 0 Å². The van der Waals surface area contributed by atoms with Crippen molar-refractivity contribution in [2.45, 2.75) is 228 Å². The van der Waals surface area contributed by atoms with E-state index in [2.05, 4.69) is 0 Å². The standard InChI is InChI=1S/C36H62O17/c1-15-21(37)7-9-29(44-15)52-35-19(5)48-31(12-23(35)39)53-36-20(6)47-30(11-22(36)38)49-24-8-10-28(45-16(24)2)50-26-14-32(46-18(4)34(26)42)51-25-13-27(40)43-17(3)33(25)41/h15-42H,7-14H2,1-6H3/t15-,16-,17+,18+,19+,20+,21-,22+,23+,24-,25+,26+,27+,28-,29-,30-,31-,32-,33+,34+,35+,36+/m0/s1. The van der Waals surface area contributed by atoms with Crippen LogP contribution in [0.3, 0.4) is 0 Å².